The van der Waals surface area contributed by atoms with Crippen molar-refractivity contribution < 1.29 is 18.3 Å². The molecule has 11 heteroatoms. The Morgan fingerprint density at radius 3 is 2.59 bits per heavy atom. The van der Waals surface area contributed by atoms with Crippen LogP contribution in [0, 0.1) is 6.92 Å². The molecule has 3 N–H and O–H groups in total. The van der Waals surface area contributed by atoms with Crippen molar-refractivity contribution >= 4 is 32.4 Å². The minimum atomic E-state index is -3.48. The molecular weight excluding hydrogens is 474 g/mol. The molecule has 34 heavy (non-hydrogen) atoms. The molecule has 0 bridgehead atoms. The minimum absolute atomic E-state index is 0.0885. The van der Waals surface area contributed by atoms with Crippen molar-refractivity contribution in [3.63, 3.8) is 0 Å². The first-order chi connectivity index (χ1) is 16.2. The number of hydrogen-bond acceptors (Lipinski definition) is 8. The average Bonchev–Trinajstić information content (AvgIpc) is 3.45. The van der Waals surface area contributed by atoms with Crippen LogP contribution in [0.5, 0.6) is 0 Å². The molecule has 0 aliphatic rings. The molecule has 0 saturated carbocycles. The Bertz CT molecular complexity index is 1410. The summed E-state index contributed by atoms with van der Waals surface area (Å²) >= 11 is 1.34. The Labute approximate surface area is 201 Å². The molecule has 0 aliphatic heterocycles. The van der Waals surface area contributed by atoms with Crippen LogP contribution in [0.2, 0.25) is 0 Å². The van der Waals surface area contributed by atoms with E-state index in [1.165, 1.54) is 23.7 Å². The third-order valence-corrected chi connectivity index (χ3v) is 6.80. The van der Waals surface area contributed by atoms with Gasteiger partial charge in [-0.3, -0.25) is 13.8 Å². The number of hydrogen-bond donors (Lipinski definition) is 3. The van der Waals surface area contributed by atoms with Crippen molar-refractivity contribution in [1.29, 1.82) is 0 Å². The van der Waals surface area contributed by atoms with Gasteiger partial charge in [0.05, 0.1) is 24.1 Å². The van der Waals surface area contributed by atoms with Crippen molar-refractivity contribution in [2.45, 2.75) is 13.2 Å². The van der Waals surface area contributed by atoms with Gasteiger partial charge >= 0.3 is 0 Å². The summed E-state index contributed by atoms with van der Waals surface area (Å²) in [5.74, 6) is -0.478. The van der Waals surface area contributed by atoms with Gasteiger partial charge in [-0.2, -0.15) is 0 Å². The van der Waals surface area contributed by atoms with Gasteiger partial charge in [0, 0.05) is 35.7 Å². The second-order valence-electron chi connectivity index (χ2n) is 7.67. The normalized spacial score (nSPS) is 12.3. The molecule has 4 aromatic rings. The lowest BCUT2D eigenvalue weighted by Crippen LogP contribution is -2.36. The molecule has 0 aliphatic carbocycles. The third-order valence-electron chi connectivity index (χ3n) is 5.05. The molecule has 1 unspecified atom stereocenters. The Morgan fingerprint density at radius 1 is 1.15 bits per heavy atom. The fourth-order valence-electron chi connectivity index (χ4n) is 3.31. The number of nitrogens with zero attached hydrogens (tertiary/aromatic N) is 3. The predicted octanol–water partition coefficient (Wildman–Crippen LogP) is 2.95. The highest BCUT2D eigenvalue weighted by Crippen LogP contribution is 2.28. The van der Waals surface area contributed by atoms with Gasteiger partial charge in [0.2, 0.25) is 10.0 Å². The van der Waals surface area contributed by atoms with Crippen LogP contribution in [-0.4, -0.2) is 52.4 Å². The van der Waals surface area contributed by atoms with E-state index in [1.54, 1.807) is 19.3 Å². The van der Waals surface area contributed by atoms with E-state index in [0.717, 1.165) is 32.6 Å². The summed E-state index contributed by atoms with van der Waals surface area (Å²) in [4.78, 5) is 21.0. The predicted molar refractivity (Wildman–Crippen MR) is 132 cm³/mol. The van der Waals surface area contributed by atoms with Crippen LogP contribution in [0.25, 0.3) is 22.4 Å². The maximum atomic E-state index is 12.4. The van der Waals surface area contributed by atoms with Crippen molar-refractivity contribution in [2.24, 2.45) is 0 Å². The molecule has 0 saturated heterocycles. The van der Waals surface area contributed by atoms with Crippen molar-refractivity contribution in [3.8, 4) is 22.4 Å². The first kappa shape index (κ1) is 23.6. The van der Waals surface area contributed by atoms with Gasteiger partial charge in [0.1, 0.15) is 6.23 Å². The van der Waals surface area contributed by atoms with Crippen LogP contribution in [0.15, 0.2) is 66.6 Å². The van der Waals surface area contributed by atoms with E-state index >= 15 is 0 Å². The molecule has 1 aromatic carbocycles. The molecule has 3 heterocycles. The SMILES string of the molecule is Cc1cn(S(C)(=O)=O)cc1C(=O)NCC(O)Nc1nc(-c2cccc(-c3ccncc3)c2)cs1. The lowest BCUT2D eigenvalue weighted by Gasteiger charge is -2.12. The Kier molecular flexibility index (Phi) is 6.77. The summed E-state index contributed by atoms with van der Waals surface area (Å²) in [7, 11) is -3.48. The number of nitrogens with one attached hydrogen (secondary N) is 2. The summed E-state index contributed by atoms with van der Waals surface area (Å²) in [5.41, 5.74) is 4.54. The smallest absolute Gasteiger partial charge is 0.253 e. The molecule has 176 valence electrons. The van der Waals surface area contributed by atoms with Gasteiger partial charge in [-0.15, -0.1) is 11.3 Å². The van der Waals surface area contributed by atoms with Gasteiger partial charge in [-0.05, 0) is 41.8 Å². The van der Waals surface area contributed by atoms with Crippen LogP contribution >= 0.6 is 11.3 Å². The number of benzene rings is 1. The maximum absolute atomic E-state index is 12.4. The van der Waals surface area contributed by atoms with Crippen LogP contribution in [0.4, 0.5) is 5.13 Å². The standard InChI is InChI=1S/C23H23N5O4S2/c1-15-12-28(34(2,31)32)13-19(15)22(30)25-11-21(29)27-23-26-20(14-33-23)18-5-3-4-17(10-18)16-6-8-24-9-7-16/h3-10,12-14,21,29H,11H2,1-2H3,(H,25,30)(H,26,27). The van der Waals surface area contributed by atoms with Crippen LogP contribution in [0.3, 0.4) is 0 Å². The molecule has 9 nitrogen and oxygen atoms in total. The molecule has 0 fully saturated rings. The number of carbonyl (C=O) groups is 1. The first-order valence-corrected chi connectivity index (χ1v) is 13.0. The molecular formula is C23H23N5O4S2. The van der Waals surface area contributed by atoms with Crippen LogP contribution < -0.4 is 10.6 Å². The monoisotopic (exact) mass is 497 g/mol. The summed E-state index contributed by atoms with van der Waals surface area (Å²) in [5, 5.41) is 18.2. The van der Waals surface area contributed by atoms with Gasteiger partial charge in [-0.1, -0.05) is 18.2 Å². The lowest BCUT2D eigenvalue weighted by molar-refractivity contribution is 0.0926. The number of aromatic nitrogens is 3. The molecule has 1 amide bonds. The van der Waals surface area contributed by atoms with E-state index in [0.29, 0.717) is 10.7 Å². The zero-order valence-electron chi connectivity index (χ0n) is 18.5. The number of aliphatic hydroxyl groups excluding tert-OH is 1. The Hall–Kier alpha value is -3.54. The van der Waals surface area contributed by atoms with Crippen LogP contribution in [0.1, 0.15) is 15.9 Å². The molecule has 0 radical (unpaired) electrons. The Balaban J connectivity index is 1.37. The lowest BCUT2D eigenvalue weighted by atomic mass is 10.0. The number of amides is 1. The number of aliphatic hydroxyl groups is 1. The zero-order valence-corrected chi connectivity index (χ0v) is 20.1. The number of anilines is 1. The largest absolute Gasteiger partial charge is 0.372 e. The van der Waals surface area contributed by atoms with E-state index < -0.39 is 22.2 Å². The van der Waals surface area contributed by atoms with Gasteiger partial charge in [-0.25, -0.2) is 13.4 Å². The van der Waals surface area contributed by atoms with E-state index in [1.807, 2.05) is 41.8 Å². The fourth-order valence-corrected chi connectivity index (χ4v) is 4.72. The second kappa shape index (κ2) is 9.75. The first-order valence-electron chi connectivity index (χ1n) is 10.3. The highest BCUT2D eigenvalue weighted by atomic mass is 32.2. The third kappa shape index (κ3) is 5.50. The van der Waals surface area contributed by atoms with Gasteiger partial charge in [0.15, 0.2) is 5.13 Å². The fraction of sp³-hybridized carbons (Fsp3) is 0.174. The molecule has 0 spiro atoms. The van der Waals surface area contributed by atoms with Crippen molar-refractivity contribution in [1.82, 2.24) is 19.3 Å². The minimum Gasteiger partial charge on any atom is -0.372 e. The van der Waals surface area contributed by atoms with Crippen molar-refractivity contribution in [3.05, 3.63) is 77.7 Å². The van der Waals surface area contributed by atoms with Gasteiger partial charge < -0.3 is 15.7 Å². The maximum Gasteiger partial charge on any atom is 0.253 e. The summed E-state index contributed by atoms with van der Waals surface area (Å²) in [6, 6.07) is 11.9. The second-order valence-corrected chi connectivity index (χ2v) is 10.4. The van der Waals surface area contributed by atoms with E-state index in [9.17, 15) is 18.3 Å². The number of thiazole rings is 1. The summed E-state index contributed by atoms with van der Waals surface area (Å²) in [6.45, 7) is 1.56. The number of rotatable bonds is 8. The van der Waals surface area contributed by atoms with E-state index in [-0.39, 0.29) is 12.1 Å². The summed E-state index contributed by atoms with van der Waals surface area (Å²) < 4.78 is 24.3. The molecule has 1 atom stereocenters. The van der Waals surface area contributed by atoms with Crippen LogP contribution in [-0.2, 0) is 10.0 Å². The van der Waals surface area contributed by atoms with E-state index in [4.69, 9.17) is 0 Å². The zero-order chi connectivity index (χ0) is 24.3. The highest BCUT2D eigenvalue weighted by molar-refractivity contribution is 7.89. The molecule has 3 aromatic heterocycles. The van der Waals surface area contributed by atoms with Crippen molar-refractivity contribution in [2.75, 3.05) is 18.1 Å². The Morgan fingerprint density at radius 2 is 1.88 bits per heavy atom. The van der Waals surface area contributed by atoms with Gasteiger partial charge in [0.25, 0.3) is 5.91 Å². The average molecular weight is 498 g/mol. The topological polar surface area (TPSA) is 126 Å². The summed E-state index contributed by atoms with van der Waals surface area (Å²) in [6.07, 6.45) is 6.10. The molecule has 4 rings (SSSR count). The number of pyridine rings is 1. The number of aryl methyl sites for hydroxylation is 1. The quantitative estimate of drug-likeness (QED) is 0.320. The number of carbonyl (C=O) groups excluding carboxylic acids is 1. The van der Waals surface area contributed by atoms with E-state index in [2.05, 4.69) is 20.6 Å². The highest BCUT2D eigenvalue weighted by Gasteiger charge is 2.17.